The Hall–Kier alpha value is -2.74. The Morgan fingerprint density at radius 2 is 2.26 bits per heavy atom. The average Bonchev–Trinajstić information content (AvgIpc) is 2.57. The third-order valence-corrected chi connectivity index (χ3v) is 2.97. The summed E-state index contributed by atoms with van der Waals surface area (Å²) in [5.74, 6) is -1.73. The van der Waals surface area contributed by atoms with Crippen LogP contribution in [0.1, 0.15) is 6.92 Å². The number of esters is 1. The second-order valence-electron chi connectivity index (χ2n) is 4.23. The number of ether oxygens (including phenoxy) is 1. The van der Waals surface area contributed by atoms with Crippen LogP contribution in [0.15, 0.2) is 57.1 Å². The van der Waals surface area contributed by atoms with Gasteiger partial charge in [0, 0.05) is 6.20 Å². The molecule has 0 fully saturated rings. The number of alkyl halides is 1. The maximum absolute atomic E-state index is 12.2. The van der Waals surface area contributed by atoms with E-state index < -0.39 is 23.0 Å². The fraction of sp³-hybridized carbons (Fsp3) is 0.214. The summed E-state index contributed by atoms with van der Waals surface area (Å²) >= 11 is 5.49. The van der Waals surface area contributed by atoms with Crippen LogP contribution in [0, 0.1) is 0 Å². The molecule has 2 aromatic heterocycles. The highest BCUT2D eigenvalue weighted by Gasteiger charge is 2.16. The highest BCUT2D eigenvalue weighted by atomic mass is 35.5. The van der Waals surface area contributed by atoms with Gasteiger partial charge in [0.15, 0.2) is 5.69 Å². The van der Waals surface area contributed by atoms with Crippen molar-refractivity contribution in [1.82, 2.24) is 9.38 Å². The number of halogens is 1. The van der Waals surface area contributed by atoms with Gasteiger partial charge in [-0.15, -0.1) is 21.8 Å². The molecule has 0 aliphatic rings. The lowest BCUT2D eigenvalue weighted by molar-refractivity contribution is -0.138. The third kappa shape index (κ3) is 3.72. The van der Waals surface area contributed by atoms with Crippen molar-refractivity contribution in [1.29, 1.82) is 0 Å². The van der Waals surface area contributed by atoms with Gasteiger partial charge in [0.25, 0.3) is 5.56 Å². The van der Waals surface area contributed by atoms with Gasteiger partial charge in [0.05, 0.1) is 18.7 Å². The summed E-state index contributed by atoms with van der Waals surface area (Å²) in [4.78, 5) is 28.0. The van der Waals surface area contributed by atoms with Gasteiger partial charge in [0.1, 0.15) is 11.4 Å². The van der Waals surface area contributed by atoms with E-state index in [4.69, 9.17) is 16.3 Å². The average molecular weight is 337 g/mol. The third-order valence-electron chi connectivity index (χ3n) is 2.72. The molecule has 0 aliphatic heterocycles. The van der Waals surface area contributed by atoms with E-state index in [2.05, 4.69) is 15.2 Å². The molecule has 0 aromatic carbocycles. The first-order valence-electron chi connectivity index (χ1n) is 6.61. The summed E-state index contributed by atoms with van der Waals surface area (Å²) in [5.41, 5.74) is -0.577. The zero-order valence-corrected chi connectivity index (χ0v) is 12.9. The monoisotopic (exact) mass is 336 g/mol. The molecule has 0 saturated heterocycles. The van der Waals surface area contributed by atoms with E-state index in [0.29, 0.717) is 5.65 Å². The minimum Gasteiger partial charge on any atom is -0.508 e. The van der Waals surface area contributed by atoms with Crippen molar-refractivity contribution in [3.8, 4) is 0 Å². The highest BCUT2D eigenvalue weighted by molar-refractivity contribution is 6.19. The van der Waals surface area contributed by atoms with Crippen LogP contribution in [0.4, 0.5) is 5.69 Å². The van der Waals surface area contributed by atoms with Crippen molar-refractivity contribution in [2.45, 2.75) is 6.92 Å². The molecule has 1 N–H and O–H groups in total. The number of aliphatic hydroxyl groups is 1. The quantitative estimate of drug-likeness (QED) is 0.296. The van der Waals surface area contributed by atoms with E-state index in [1.54, 1.807) is 25.1 Å². The summed E-state index contributed by atoms with van der Waals surface area (Å²) < 4.78 is 6.03. The van der Waals surface area contributed by atoms with Crippen LogP contribution >= 0.6 is 11.6 Å². The largest absolute Gasteiger partial charge is 0.508 e. The topological polar surface area (TPSA) is 106 Å². The first-order valence-corrected chi connectivity index (χ1v) is 7.15. The molecule has 0 amide bonds. The Bertz CT molecular complexity index is 844. The van der Waals surface area contributed by atoms with Crippen molar-refractivity contribution < 1.29 is 14.6 Å². The van der Waals surface area contributed by atoms with Crippen LogP contribution in [0.5, 0.6) is 0 Å². The lowest BCUT2D eigenvalue weighted by Gasteiger charge is -2.03. The number of pyridine rings is 1. The molecule has 9 heteroatoms. The van der Waals surface area contributed by atoms with Gasteiger partial charge in [-0.2, -0.15) is 0 Å². The van der Waals surface area contributed by atoms with Crippen LogP contribution in [0.2, 0.25) is 0 Å². The summed E-state index contributed by atoms with van der Waals surface area (Å²) in [7, 11) is 0. The molecule has 2 rings (SSSR count). The van der Waals surface area contributed by atoms with Crippen LogP contribution in [-0.4, -0.2) is 32.9 Å². The minimum atomic E-state index is -0.886. The van der Waals surface area contributed by atoms with E-state index in [1.807, 2.05) is 0 Å². The van der Waals surface area contributed by atoms with Crippen molar-refractivity contribution in [3.05, 3.63) is 52.4 Å². The van der Waals surface area contributed by atoms with Gasteiger partial charge in [0.2, 0.25) is 5.70 Å². The number of azo groups is 1. The van der Waals surface area contributed by atoms with Crippen molar-refractivity contribution in [2.75, 3.05) is 12.5 Å². The van der Waals surface area contributed by atoms with Gasteiger partial charge in [-0.25, -0.2) is 9.78 Å². The number of carbonyl (C=O) groups is 1. The van der Waals surface area contributed by atoms with Crippen molar-refractivity contribution in [2.24, 2.45) is 10.2 Å². The number of allylic oxidation sites excluding steroid dienone is 1. The molecular formula is C14H13ClN4O4. The fourth-order valence-electron chi connectivity index (χ4n) is 1.67. The Balaban J connectivity index is 2.43. The highest BCUT2D eigenvalue weighted by Crippen LogP contribution is 2.13. The maximum Gasteiger partial charge on any atom is 0.362 e. The van der Waals surface area contributed by atoms with Crippen LogP contribution in [0.3, 0.4) is 0 Å². The van der Waals surface area contributed by atoms with Gasteiger partial charge < -0.3 is 9.84 Å². The lowest BCUT2D eigenvalue weighted by atomic mass is 10.4. The summed E-state index contributed by atoms with van der Waals surface area (Å²) in [5, 5.41) is 16.9. The maximum atomic E-state index is 12.2. The minimum absolute atomic E-state index is 0.0909. The number of hydrogen-bond acceptors (Lipinski definition) is 7. The molecule has 2 aromatic rings. The number of aromatic nitrogens is 2. The first-order chi connectivity index (χ1) is 11.1. The lowest BCUT2D eigenvalue weighted by Crippen LogP contribution is -2.13. The smallest absolute Gasteiger partial charge is 0.362 e. The van der Waals surface area contributed by atoms with Gasteiger partial charge in [-0.3, -0.25) is 9.20 Å². The molecule has 0 unspecified atom stereocenters. The van der Waals surface area contributed by atoms with E-state index in [9.17, 15) is 14.7 Å². The molecule has 0 bridgehead atoms. The summed E-state index contributed by atoms with van der Waals surface area (Å²) in [6, 6.07) is 5.06. The molecule has 23 heavy (non-hydrogen) atoms. The van der Waals surface area contributed by atoms with E-state index in [-0.39, 0.29) is 18.2 Å². The Morgan fingerprint density at radius 3 is 2.96 bits per heavy atom. The Kier molecular flexibility index (Phi) is 5.42. The number of nitrogens with zero attached hydrogens (tertiary/aromatic N) is 4. The van der Waals surface area contributed by atoms with Crippen LogP contribution in [0.25, 0.3) is 5.65 Å². The van der Waals surface area contributed by atoms with E-state index in [0.717, 1.165) is 0 Å². The zero-order valence-electron chi connectivity index (χ0n) is 12.1. The SMILES string of the molecule is CCOC(=O)/C(N=Nc1cnc2ccccn2c1=O)=C(\O)CCl. The van der Waals surface area contributed by atoms with Gasteiger partial charge in [-0.1, -0.05) is 6.07 Å². The van der Waals surface area contributed by atoms with Crippen molar-refractivity contribution in [3.63, 3.8) is 0 Å². The number of rotatable bonds is 5. The Morgan fingerprint density at radius 1 is 1.48 bits per heavy atom. The van der Waals surface area contributed by atoms with Gasteiger partial charge in [-0.05, 0) is 19.1 Å². The first kappa shape index (κ1) is 16.6. The molecule has 8 nitrogen and oxygen atoms in total. The Labute approximate surface area is 135 Å². The van der Waals surface area contributed by atoms with Crippen LogP contribution in [-0.2, 0) is 9.53 Å². The molecule has 120 valence electrons. The normalized spacial score (nSPS) is 12.4. The molecule has 0 saturated carbocycles. The molecule has 0 atom stereocenters. The second-order valence-corrected chi connectivity index (χ2v) is 4.49. The second kappa shape index (κ2) is 7.50. The molecule has 0 radical (unpaired) electrons. The molecule has 2 heterocycles. The molecule has 0 aliphatic carbocycles. The van der Waals surface area contributed by atoms with E-state index in [1.165, 1.54) is 16.8 Å². The predicted molar refractivity (Wildman–Crippen MR) is 83.0 cm³/mol. The van der Waals surface area contributed by atoms with E-state index >= 15 is 0 Å². The summed E-state index contributed by atoms with van der Waals surface area (Å²) in [6.45, 7) is 1.69. The van der Waals surface area contributed by atoms with Crippen LogP contribution < -0.4 is 5.56 Å². The standard InChI is InChI=1S/C14H13ClN4O4/c1-2-23-14(22)12(10(20)7-15)18-17-9-8-16-11-5-3-4-6-19(11)13(9)21/h3-6,8,20H,2,7H2,1H3/b12-10+,18-17?. The van der Waals surface area contributed by atoms with Crippen molar-refractivity contribution >= 4 is 28.9 Å². The summed E-state index contributed by atoms with van der Waals surface area (Å²) in [6.07, 6.45) is 2.75. The fourth-order valence-corrected chi connectivity index (χ4v) is 1.80. The zero-order chi connectivity index (χ0) is 16.8. The van der Waals surface area contributed by atoms with Gasteiger partial charge >= 0.3 is 5.97 Å². The predicted octanol–water partition coefficient (Wildman–Crippen LogP) is 2.35. The number of carbonyl (C=O) groups excluding carboxylic acids is 1. The number of fused-ring (bicyclic) bond motifs is 1. The molecule has 0 spiro atoms. The number of aliphatic hydroxyl groups excluding tert-OH is 1. The number of hydrogen-bond donors (Lipinski definition) is 1. The molecular weight excluding hydrogens is 324 g/mol.